The molecule has 0 fully saturated rings. The maximum Gasteiger partial charge on any atom is 0.257 e. The lowest BCUT2D eigenvalue weighted by molar-refractivity contribution is -0.110. The molecule has 2 aliphatic heterocycles. The van der Waals surface area contributed by atoms with E-state index in [1.54, 1.807) is 6.20 Å². The first-order valence-corrected chi connectivity index (χ1v) is 11.6. The number of aromatic nitrogens is 2. The smallest absolute Gasteiger partial charge is 0.257 e. The fourth-order valence-corrected chi connectivity index (χ4v) is 4.90. The summed E-state index contributed by atoms with van der Waals surface area (Å²) in [4.78, 5) is 38.0. The number of likely N-dealkylation sites (N-methyl/N-ethyl adjacent to an activating group) is 1. The molecule has 0 saturated carbocycles. The first-order valence-electron chi connectivity index (χ1n) is 10.9. The molecule has 0 aliphatic carbocycles. The highest BCUT2D eigenvalue weighted by atomic mass is 79.9. The Hall–Kier alpha value is -2.45. The molecule has 4 rings (SSSR count). The largest absolute Gasteiger partial charge is 0.358 e. The third-order valence-corrected chi connectivity index (χ3v) is 6.90. The number of rotatable bonds is 6. The van der Waals surface area contributed by atoms with Crippen LogP contribution in [-0.4, -0.2) is 64.3 Å². The second-order valence-corrected chi connectivity index (χ2v) is 8.82. The molecule has 7 nitrogen and oxygen atoms in total. The molecule has 8 heteroatoms. The molecule has 164 valence electrons. The van der Waals surface area contributed by atoms with Gasteiger partial charge in [0.15, 0.2) is 0 Å². The summed E-state index contributed by atoms with van der Waals surface area (Å²) in [7, 11) is 0. The topological polar surface area (TPSA) is 81.3 Å². The van der Waals surface area contributed by atoms with Crippen molar-refractivity contribution in [3.05, 3.63) is 44.8 Å². The van der Waals surface area contributed by atoms with Crippen LogP contribution < -0.4 is 5.32 Å². The SMILES string of the molecule is CCN(CC)CCN1CCCc2[nH]c(/C=C3\C(=O)Nc4nccc(Br)c43)c(C)c2C1=O. The molecule has 2 aromatic rings. The van der Waals surface area contributed by atoms with Crippen molar-refractivity contribution in [2.75, 3.05) is 38.0 Å². The summed E-state index contributed by atoms with van der Waals surface area (Å²) in [6, 6.07) is 1.82. The van der Waals surface area contributed by atoms with Crippen molar-refractivity contribution >= 4 is 45.2 Å². The molecule has 0 aromatic carbocycles. The van der Waals surface area contributed by atoms with Crippen LogP contribution in [0.15, 0.2) is 16.7 Å². The van der Waals surface area contributed by atoms with Gasteiger partial charge in [-0.25, -0.2) is 4.98 Å². The Bertz CT molecular complexity index is 1050. The summed E-state index contributed by atoms with van der Waals surface area (Å²) >= 11 is 3.52. The number of hydrogen-bond donors (Lipinski definition) is 2. The third-order valence-electron chi connectivity index (χ3n) is 6.24. The molecule has 2 aliphatic rings. The van der Waals surface area contributed by atoms with Crippen LogP contribution in [0.5, 0.6) is 0 Å². The van der Waals surface area contributed by atoms with Gasteiger partial charge in [0.25, 0.3) is 11.8 Å². The lowest BCUT2D eigenvalue weighted by Crippen LogP contribution is -2.38. The predicted octanol–water partition coefficient (Wildman–Crippen LogP) is 3.70. The normalized spacial score (nSPS) is 17.2. The standard InChI is InChI=1S/C23H28BrN5O2/c1-4-28(5-2)11-12-29-10-6-7-17-19(23(29)31)14(3)18(26-17)13-15-20-16(24)8-9-25-21(20)27-22(15)30/h8-9,13,26H,4-7,10-12H2,1-3H3,(H,25,27,30)/b15-13-. The summed E-state index contributed by atoms with van der Waals surface area (Å²) < 4.78 is 0.812. The van der Waals surface area contributed by atoms with E-state index in [1.807, 2.05) is 24.0 Å². The third kappa shape index (κ3) is 4.06. The van der Waals surface area contributed by atoms with Gasteiger partial charge in [0.2, 0.25) is 0 Å². The molecule has 2 N–H and O–H groups in total. The molecule has 0 saturated heterocycles. The second kappa shape index (κ2) is 8.96. The molecule has 4 heterocycles. The molecular formula is C23H28BrN5O2. The second-order valence-electron chi connectivity index (χ2n) is 7.97. The maximum absolute atomic E-state index is 13.4. The number of hydrogen-bond acceptors (Lipinski definition) is 4. The molecule has 31 heavy (non-hydrogen) atoms. The van der Waals surface area contributed by atoms with Crippen LogP contribution in [0.25, 0.3) is 11.6 Å². The monoisotopic (exact) mass is 485 g/mol. The zero-order valence-corrected chi connectivity index (χ0v) is 19.8. The summed E-state index contributed by atoms with van der Waals surface area (Å²) in [5.74, 6) is 0.443. The molecule has 2 amide bonds. The molecule has 0 atom stereocenters. The Morgan fingerprint density at radius 1 is 1.26 bits per heavy atom. The van der Waals surface area contributed by atoms with Crippen molar-refractivity contribution in [2.45, 2.75) is 33.6 Å². The van der Waals surface area contributed by atoms with Gasteiger partial charge in [-0.05, 0) is 66.5 Å². The van der Waals surface area contributed by atoms with Crippen LogP contribution in [0.2, 0.25) is 0 Å². The number of anilines is 1. The fraction of sp³-hybridized carbons (Fsp3) is 0.435. The number of aryl methyl sites for hydroxylation is 1. The average molecular weight is 486 g/mol. The van der Waals surface area contributed by atoms with Crippen LogP contribution in [0, 0.1) is 6.92 Å². The van der Waals surface area contributed by atoms with Crippen molar-refractivity contribution in [3.8, 4) is 0 Å². The number of carbonyl (C=O) groups excluding carboxylic acids is 2. The van der Waals surface area contributed by atoms with Crippen LogP contribution in [0.3, 0.4) is 0 Å². The van der Waals surface area contributed by atoms with E-state index in [9.17, 15) is 9.59 Å². The van der Waals surface area contributed by atoms with E-state index < -0.39 is 0 Å². The minimum atomic E-state index is -0.189. The van der Waals surface area contributed by atoms with Gasteiger partial charge < -0.3 is 20.1 Å². The van der Waals surface area contributed by atoms with Crippen molar-refractivity contribution in [2.24, 2.45) is 0 Å². The minimum absolute atomic E-state index is 0.0807. The first-order chi connectivity index (χ1) is 14.9. The molecule has 0 unspecified atom stereocenters. The van der Waals surface area contributed by atoms with Crippen molar-refractivity contribution < 1.29 is 9.59 Å². The van der Waals surface area contributed by atoms with Crippen LogP contribution in [0.1, 0.15) is 53.1 Å². The van der Waals surface area contributed by atoms with E-state index >= 15 is 0 Å². The zero-order chi connectivity index (χ0) is 22.1. The van der Waals surface area contributed by atoms with E-state index in [1.165, 1.54) is 0 Å². The number of halogens is 1. The molecular weight excluding hydrogens is 458 g/mol. The molecule has 0 bridgehead atoms. The van der Waals surface area contributed by atoms with Gasteiger partial charge in [0.1, 0.15) is 5.82 Å². The van der Waals surface area contributed by atoms with Gasteiger partial charge in [0.05, 0.1) is 11.1 Å². The number of nitrogens with one attached hydrogen (secondary N) is 2. The summed E-state index contributed by atoms with van der Waals surface area (Å²) in [6.07, 6.45) is 5.23. The van der Waals surface area contributed by atoms with Gasteiger partial charge >= 0.3 is 0 Å². The Labute approximate surface area is 191 Å². The Balaban J connectivity index is 1.66. The quantitative estimate of drug-likeness (QED) is 0.611. The van der Waals surface area contributed by atoms with Gasteiger partial charge in [-0.2, -0.15) is 0 Å². The molecule has 0 spiro atoms. The lowest BCUT2D eigenvalue weighted by Gasteiger charge is -2.25. The highest BCUT2D eigenvalue weighted by molar-refractivity contribution is 9.10. The highest BCUT2D eigenvalue weighted by Gasteiger charge is 2.30. The van der Waals surface area contributed by atoms with Crippen molar-refractivity contribution in [1.29, 1.82) is 0 Å². The number of amides is 2. The van der Waals surface area contributed by atoms with E-state index in [0.29, 0.717) is 11.4 Å². The average Bonchev–Trinajstić information content (AvgIpc) is 3.18. The van der Waals surface area contributed by atoms with E-state index in [2.05, 4.69) is 50.0 Å². The maximum atomic E-state index is 13.4. The zero-order valence-electron chi connectivity index (χ0n) is 18.2. The van der Waals surface area contributed by atoms with Gasteiger partial charge in [-0.15, -0.1) is 0 Å². The Morgan fingerprint density at radius 2 is 2.03 bits per heavy atom. The molecule has 0 radical (unpaired) electrons. The summed E-state index contributed by atoms with van der Waals surface area (Å²) in [6.45, 7) is 10.6. The van der Waals surface area contributed by atoms with Crippen molar-refractivity contribution in [3.63, 3.8) is 0 Å². The van der Waals surface area contributed by atoms with Crippen LogP contribution in [0.4, 0.5) is 5.82 Å². The van der Waals surface area contributed by atoms with Gasteiger partial charge in [-0.1, -0.05) is 13.8 Å². The minimum Gasteiger partial charge on any atom is -0.358 e. The van der Waals surface area contributed by atoms with Gasteiger partial charge in [0, 0.05) is 47.3 Å². The molecule has 2 aromatic heterocycles. The first kappa shape index (κ1) is 21.8. The number of nitrogens with zero attached hydrogens (tertiary/aromatic N) is 3. The Kier molecular flexibility index (Phi) is 6.29. The summed E-state index contributed by atoms with van der Waals surface area (Å²) in [5, 5.41) is 2.81. The summed E-state index contributed by atoms with van der Waals surface area (Å²) in [5.41, 5.74) is 4.71. The number of fused-ring (bicyclic) bond motifs is 2. The fourth-order valence-electron chi connectivity index (χ4n) is 4.38. The lowest BCUT2D eigenvalue weighted by atomic mass is 10.0. The number of aromatic amines is 1. The number of carbonyl (C=O) groups is 2. The van der Waals surface area contributed by atoms with E-state index in [0.717, 1.165) is 78.1 Å². The van der Waals surface area contributed by atoms with Crippen molar-refractivity contribution in [1.82, 2.24) is 19.8 Å². The van der Waals surface area contributed by atoms with Crippen LogP contribution in [-0.2, 0) is 11.2 Å². The van der Waals surface area contributed by atoms with E-state index in [-0.39, 0.29) is 11.8 Å². The number of H-pyrrole nitrogens is 1. The highest BCUT2D eigenvalue weighted by Crippen LogP contribution is 2.37. The van der Waals surface area contributed by atoms with E-state index in [4.69, 9.17) is 0 Å². The van der Waals surface area contributed by atoms with Gasteiger partial charge in [-0.3, -0.25) is 9.59 Å². The Morgan fingerprint density at radius 3 is 2.77 bits per heavy atom. The van der Waals surface area contributed by atoms with Crippen LogP contribution >= 0.6 is 15.9 Å². The predicted molar refractivity (Wildman–Crippen MR) is 126 cm³/mol. The number of pyridine rings is 1.